The third kappa shape index (κ3) is 3.90. The van der Waals surface area contributed by atoms with Gasteiger partial charge < -0.3 is 9.84 Å². The number of nitrogens with one attached hydrogen (secondary N) is 1. The molecule has 0 aliphatic heterocycles. The largest absolute Gasteiger partial charge is 0.339 e. The van der Waals surface area contributed by atoms with Crippen molar-refractivity contribution in [1.82, 2.24) is 29.7 Å². The number of fused-ring (bicyclic) bond motifs is 1. The van der Waals surface area contributed by atoms with E-state index in [4.69, 9.17) is 4.52 Å². The minimum Gasteiger partial charge on any atom is -0.339 e. The molecule has 0 unspecified atom stereocenters. The second kappa shape index (κ2) is 8.33. The van der Waals surface area contributed by atoms with Crippen LogP contribution in [0, 0.1) is 20.8 Å². The molecular formula is C26H22FN7O2. The number of carbonyl (C=O) groups excluding carboxylic acids is 1. The van der Waals surface area contributed by atoms with Gasteiger partial charge >= 0.3 is 0 Å². The Balaban J connectivity index is 1.30. The fourth-order valence-corrected chi connectivity index (χ4v) is 4.20. The maximum Gasteiger partial charge on any atom is 0.259 e. The summed E-state index contributed by atoms with van der Waals surface area (Å²) >= 11 is 0. The molecule has 0 bridgehead atoms. The summed E-state index contributed by atoms with van der Waals surface area (Å²) in [6.07, 6.45) is 4.63. The van der Waals surface area contributed by atoms with E-state index in [0.717, 1.165) is 22.4 Å². The molecule has 180 valence electrons. The van der Waals surface area contributed by atoms with Gasteiger partial charge in [-0.1, -0.05) is 17.3 Å². The molecule has 0 saturated heterocycles. The van der Waals surface area contributed by atoms with Gasteiger partial charge in [0, 0.05) is 34.9 Å². The van der Waals surface area contributed by atoms with Crippen molar-refractivity contribution in [3.05, 3.63) is 77.5 Å². The van der Waals surface area contributed by atoms with E-state index in [0.29, 0.717) is 46.3 Å². The number of amides is 1. The molecule has 0 spiro atoms. The number of aryl methyl sites for hydroxylation is 3. The molecule has 1 aliphatic carbocycles. The lowest BCUT2D eigenvalue weighted by molar-refractivity contribution is 0.102. The van der Waals surface area contributed by atoms with Gasteiger partial charge in [0.05, 0.1) is 23.2 Å². The summed E-state index contributed by atoms with van der Waals surface area (Å²) in [7, 11) is 0. The second-order valence-electron chi connectivity index (χ2n) is 9.02. The number of carbonyl (C=O) groups is 1. The first-order valence-corrected chi connectivity index (χ1v) is 11.6. The molecule has 9 nitrogen and oxygen atoms in total. The number of hydrogen-bond acceptors (Lipinski definition) is 7. The zero-order chi connectivity index (χ0) is 25.0. The Morgan fingerprint density at radius 3 is 2.72 bits per heavy atom. The SMILES string of the molecule is Cc1ncc(-c2ccn3ncc(C(=O)Nc4cc(-c5noc([C@H]6C[C@@H]6F)n5)ccc4C)c3c2)c(C)n1. The van der Waals surface area contributed by atoms with E-state index in [9.17, 15) is 9.18 Å². The van der Waals surface area contributed by atoms with E-state index >= 15 is 0 Å². The van der Waals surface area contributed by atoms with Crippen molar-refractivity contribution in [2.45, 2.75) is 39.3 Å². The Kier molecular flexibility index (Phi) is 5.10. The summed E-state index contributed by atoms with van der Waals surface area (Å²) in [5, 5.41) is 11.3. The smallest absolute Gasteiger partial charge is 0.259 e. The molecule has 4 heterocycles. The summed E-state index contributed by atoms with van der Waals surface area (Å²) in [5.41, 5.74) is 5.87. The van der Waals surface area contributed by atoms with Crippen LogP contribution >= 0.6 is 0 Å². The summed E-state index contributed by atoms with van der Waals surface area (Å²) in [6, 6.07) is 9.31. The van der Waals surface area contributed by atoms with Crippen molar-refractivity contribution in [3.8, 4) is 22.5 Å². The van der Waals surface area contributed by atoms with E-state index in [1.54, 1.807) is 23.0 Å². The molecule has 6 rings (SSSR count). The van der Waals surface area contributed by atoms with Crippen molar-refractivity contribution >= 4 is 17.1 Å². The predicted octanol–water partition coefficient (Wildman–Crippen LogP) is 4.84. The number of aromatic nitrogens is 6. The van der Waals surface area contributed by atoms with Gasteiger partial charge in [-0.2, -0.15) is 10.1 Å². The standard InChI is InChI=1S/C26H22FN7O2/c1-13-4-5-17(24-32-26(36-33-24)18-10-21(18)27)8-22(13)31-25(35)20-12-29-34-7-6-16(9-23(20)34)19-11-28-15(3)30-14(19)2/h4-9,11-12,18,21H,10H2,1-3H3,(H,31,35)/t18-,21-/m0/s1. The van der Waals surface area contributed by atoms with Crippen LogP contribution < -0.4 is 5.32 Å². The van der Waals surface area contributed by atoms with E-state index < -0.39 is 6.17 Å². The molecule has 36 heavy (non-hydrogen) atoms. The van der Waals surface area contributed by atoms with Gasteiger partial charge in [-0.15, -0.1) is 0 Å². The van der Waals surface area contributed by atoms with Gasteiger partial charge in [-0.05, 0) is 56.5 Å². The predicted molar refractivity (Wildman–Crippen MR) is 130 cm³/mol. The number of anilines is 1. The topological polar surface area (TPSA) is 111 Å². The fourth-order valence-electron chi connectivity index (χ4n) is 4.20. The number of pyridine rings is 1. The maximum atomic E-state index is 13.3. The maximum absolute atomic E-state index is 13.3. The Labute approximate surface area is 205 Å². The minimum absolute atomic E-state index is 0.300. The van der Waals surface area contributed by atoms with Crippen LogP contribution in [-0.2, 0) is 0 Å². The number of rotatable bonds is 5. The molecular weight excluding hydrogens is 461 g/mol. The molecule has 1 aromatic carbocycles. The van der Waals surface area contributed by atoms with Gasteiger partial charge in [0.15, 0.2) is 0 Å². The van der Waals surface area contributed by atoms with Crippen molar-refractivity contribution in [3.63, 3.8) is 0 Å². The van der Waals surface area contributed by atoms with Crippen LogP contribution in [0.2, 0.25) is 0 Å². The highest BCUT2D eigenvalue weighted by Crippen LogP contribution is 2.43. The monoisotopic (exact) mass is 483 g/mol. The first-order chi connectivity index (χ1) is 17.4. The normalized spacial score (nSPS) is 16.9. The molecule has 1 fully saturated rings. The van der Waals surface area contributed by atoms with E-state index in [1.807, 2.05) is 51.2 Å². The van der Waals surface area contributed by atoms with Crippen LogP contribution in [0.5, 0.6) is 0 Å². The highest BCUT2D eigenvalue weighted by atomic mass is 19.1. The molecule has 5 aromatic rings. The third-order valence-electron chi connectivity index (χ3n) is 6.39. The van der Waals surface area contributed by atoms with Crippen molar-refractivity contribution in [2.75, 3.05) is 5.32 Å². The number of hydrogen-bond donors (Lipinski definition) is 1. The highest BCUT2D eigenvalue weighted by Gasteiger charge is 2.43. The van der Waals surface area contributed by atoms with Crippen LogP contribution in [0.3, 0.4) is 0 Å². The van der Waals surface area contributed by atoms with E-state index in [-0.39, 0.29) is 11.8 Å². The van der Waals surface area contributed by atoms with E-state index in [2.05, 4.69) is 30.5 Å². The molecule has 4 aromatic heterocycles. The lowest BCUT2D eigenvalue weighted by atomic mass is 10.1. The van der Waals surface area contributed by atoms with Crippen molar-refractivity contribution in [1.29, 1.82) is 0 Å². The van der Waals surface area contributed by atoms with Crippen molar-refractivity contribution in [2.24, 2.45) is 0 Å². The average Bonchev–Trinajstić information content (AvgIpc) is 3.23. The van der Waals surface area contributed by atoms with Crippen LogP contribution in [0.4, 0.5) is 10.1 Å². The molecule has 1 saturated carbocycles. The fraction of sp³-hybridized carbons (Fsp3) is 0.231. The Hall–Kier alpha value is -4.47. The summed E-state index contributed by atoms with van der Waals surface area (Å²) in [5.74, 6) is 0.754. The minimum atomic E-state index is -0.917. The summed E-state index contributed by atoms with van der Waals surface area (Å²) < 4.78 is 20.2. The molecule has 1 amide bonds. The van der Waals surface area contributed by atoms with Crippen molar-refractivity contribution < 1.29 is 13.7 Å². The Bertz CT molecular complexity index is 1640. The quantitative estimate of drug-likeness (QED) is 0.381. The van der Waals surface area contributed by atoms with Gasteiger partial charge in [-0.3, -0.25) is 4.79 Å². The van der Waals surface area contributed by atoms with Gasteiger partial charge in [0.25, 0.3) is 5.91 Å². The molecule has 0 radical (unpaired) electrons. The summed E-state index contributed by atoms with van der Waals surface area (Å²) in [6.45, 7) is 5.68. The van der Waals surface area contributed by atoms with Crippen LogP contribution in [0.15, 0.2) is 53.4 Å². The second-order valence-corrected chi connectivity index (χ2v) is 9.02. The number of benzene rings is 1. The average molecular weight is 484 g/mol. The van der Waals surface area contributed by atoms with Gasteiger partial charge in [0.2, 0.25) is 11.7 Å². The van der Waals surface area contributed by atoms with E-state index in [1.165, 1.54) is 0 Å². The highest BCUT2D eigenvalue weighted by molar-refractivity contribution is 6.09. The zero-order valence-corrected chi connectivity index (χ0v) is 19.9. The lowest BCUT2D eigenvalue weighted by Crippen LogP contribution is -2.12. The first-order valence-electron chi connectivity index (χ1n) is 11.6. The molecule has 1 N–H and O–H groups in total. The van der Waals surface area contributed by atoms with Gasteiger partial charge in [0.1, 0.15) is 12.0 Å². The Morgan fingerprint density at radius 1 is 1.11 bits per heavy atom. The summed E-state index contributed by atoms with van der Waals surface area (Å²) in [4.78, 5) is 26.4. The van der Waals surface area contributed by atoms with Crippen LogP contribution in [0.25, 0.3) is 28.0 Å². The van der Waals surface area contributed by atoms with Crippen LogP contribution in [-0.4, -0.2) is 41.8 Å². The molecule has 2 atom stereocenters. The number of halogens is 1. The van der Waals surface area contributed by atoms with Gasteiger partial charge in [-0.25, -0.2) is 18.9 Å². The lowest BCUT2D eigenvalue weighted by Gasteiger charge is -2.10. The Morgan fingerprint density at radius 2 is 1.94 bits per heavy atom. The number of nitrogens with zero attached hydrogens (tertiary/aromatic N) is 6. The molecule has 10 heteroatoms. The number of alkyl halides is 1. The first kappa shape index (κ1) is 22.0. The van der Waals surface area contributed by atoms with Crippen LogP contribution in [0.1, 0.15) is 45.7 Å². The zero-order valence-electron chi connectivity index (χ0n) is 19.9. The third-order valence-corrected chi connectivity index (χ3v) is 6.39. The molecule has 1 aliphatic rings.